The van der Waals surface area contributed by atoms with E-state index in [4.69, 9.17) is 109 Å². The lowest BCUT2D eigenvalue weighted by molar-refractivity contribution is -0.159. The summed E-state index contributed by atoms with van der Waals surface area (Å²) in [5, 5.41) is 30.9. The van der Waals surface area contributed by atoms with Crippen LogP contribution < -0.4 is 0 Å². The van der Waals surface area contributed by atoms with E-state index in [1.165, 1.54) is 24.3 Å². The number of carbonyl (C=O) groups is 4. The number of aliphatic carboxylic acids is 4. The van der Waals surface area contributed by atoms with Gasteiger partial charge in [0.25, 0.3) is 0 Å². The summed E-state index contributed by atoms with van der Waals surface area (Å²) in [4.78, 5) is 40.6. The molecule has 0 heterocycles. The summed E-state index contributed by atoms with van der Waals surface area (Å²) in [5.74, 6) is -7.08. The van der Waals surface area contributed by atoms with Crippen molar-refractivity contribution in [2.75, 3.05) is 13.2 Å². The van der Waals surface area contributed by atoms with Gasteiger partial charge in [-0.3, -0.25) is 9.59 Å². The van der Waals surface area contributed by atoms with E-state index in [1.807, 2.05) is 27.7 Å². The van der Waals surface area contributed by atoms with Crippen LogP contribution in [0.4, 0.5) is 0 Å². The van der Waals surface area contributed by atoms with Gasteiger partial charge < -0.3 is 29.9 Å². The minimum atomic E-state index is -1.82. The molecule has 0 spiro atoms. The van der Waals surface area contributed by atoms with Gasteiger partial charge in [-0.1, -0.05) is 97.3 Å². The second kappa shape index (κ2) is 18.3. The van der Waals surface area contributed by atoms with Crippen molar-refractivity contribution in [3.05, 3.63) is 44.4 Å². The van der Waals surface area contributed by atoms with Gasteiger partial charge in [-0.2, -0.15) is 0 Å². The molecule has 0 aromatic heterocycles. The zero-order valence-electron chi connectivity index (χ0n) is 23.0. The highest BCUT2D eigenvalue weighted by molar-refractivity contribution is 6.45. The van der Waals surface area contributed by atoms with Gasteiger partial charge in [0.2, 0.25) is 0 Å². The van der Waals surface area contributed by atoms with Crippen LogP contribution in [0.25, 0.3) is 0 Å². The van der Waals surface area contributed by atoms with Gasteiger partial charge in [0.15, 0.2) is 10.1 Å². The first kappa shape index (κ1) is 40.5. The monoisotopic (exact) mass is 714 g/mol. The molecule has 4 unspecified atom stereocenters. The second-order valence-corrected chi connectivity index (χ2v) is 12.5. The Kier molecular flexibility index (Phi) is 17.7. The molecule has 10 nitrogen and oxygen atoms in total. The number of allylic oxidation sites excluding steroid dienone is 4. The van der Waals surface area contributed by atoms with Crippen LogP contribution in [0, 0.1) is 23.7 Å². The molecule has 0 aromatic rings. The zero-order chi connectivity index (χ0) is 33.0. The topological polar surface area (TPSA) is 168 Å². The predicted molar refractivity (Wildman–Crippen MR) is 161 cm³/mol. The van der Waals surface area contributed by atoms with Gasteiger partial charge in [-0.25, -0.2) is 9.59 Å². The molecule has 0 aromatic carbocycles. The van der Waals surface area contributed by atoms with Gasteiger partial charge in [0.05, 0.1) is 20.1 Å². The Morgan fingerprint density at radius 1 is 0.667 bits per heavy atom. The summed E-state index contributed by atoms with van der Waals surface area (Å²) >= 11 is 35.8. The molecule has 2 aliphatic rings. The Bertz CT molecular complexity index is 1030. The first-order chi connectivity index (χ1) is 19.2. The van der Waals surface area contributed by atoms with Crippen LogP contribution in [0.2, 0.25) is 0 Å². The van der Waals surface area contributed by atoms with Crippen LogP contribution in [-0.2, 0) is 28.7 Å². The van der Waals surface area contributed by atoms with Gasteiger partial charge in [0.1, 0.15) is 11.8 Å². The number of rotatable bonds is 10. The zero-order valence-corrected chi connectivity index (χ0v) is 27.5. The van der Waals surface area contributed by atoms with Crippen LogP contribution in [0.15, 0.2) is 44.4 Å². The summed E-state index contributed by atoms with van der Waals surface area (Å²) < 4.78 is 11.0. The largest absolute Gasteiger partial charge is 0.481 e. The van der Waals surface area contributed by atoms with Crippen LogP contribution >= 0.6 is 69.6 Å². The van der Waals surface area contributed by atoms with Gasteiger partial charge in [-0.15, -0.1) is 0 Å². The maximum atomic E-state index is 11.2. The molecule has 238 valence electrons. The normalized spacial score (nSPS) is 25.0. The summed E-state index contributed by atoms with van der Waals surface area (Å²) in [6.07, 6.45) is 6.85. The molecule has 16 heteroatoms. The van der Waals surface area contributed by atoms with E-state index in [0.29, 0.717) is 25.0 Å². The smallest absolute Gasteiger partial charge is 0.414 e. The molecular formula is C26H32Cl6O10. The minimum Gasteiger partial charge on any atom is -0.481 e. The SMILES string of the molecule is CC(C)CCOC1(Cl)C=C(Cl)C(Cl)=CC1C(=O)O.CC(C)CCOC1(Cl)C=C(Cl)C(Cl)=CC1C(=O)O.O=C(O)C(=O)O. The van der Waals surface area contributed by atoms with Gasteiger partial charge in [0, 0.05) is 13.2 Å². The number of hydrogen-bond acceptors (Lipinski definition) is 6. The third-order valence-corrected chi connectivity index (χ3v) is 7.71. The lowest BCUT2D eigenvalue weighted by Gasteiger charge is -2.31. The van der Waals surface area contributed by atoms with Crippen molar-refractivity contribution in [2.24, 2.45) is 23.7 Å². The number of halogens is 6. The van der Waals surface area contributed by atoms with Crippen molar-refractivity contribution in [3.63, 3.8) is 0 Å². The first-order valence-corrected chi connectivity index (χ1v) is 14.5. The van der Waals surface area contributed by atoms with E-state index in [1.54, 1.807) is 0 Å². The summed E-state index contributed by atoms with van der Waals surface area (Å²) in [5.41, 5.74) is 0. The Hall–Kier alpha value is -1.50. The Balaban J connectivity index is 0.000000672. The molecule has 0 amide bonds. The van der Waals surface area contributed by atoms with Crippen molar-refractivity contribution in [1.82, 2.24) is 0 Å². The Morgan fingerprint density at radius 2 is 0.952 bits per heavy atom. The van der Waals surface area contributed by atoms with Crippen LogP contribution in [0.1, 0.15) is 40.5 Å². The Labute approximate surface area is 273 Å². The van der Waals surface area contributed by atoms with Crippen molar-refractivity contribution < 1.29 is 49.1 Å². The van der Waals surface area contributed by atoms with Crippen molar-refractivity contribution in [2.45, 2.75) is 50.7 Å². The van der Waals surface area contributed by atoms with E-state index in [0.717, 1.165) is 12.8 Å². The van der Waals surface area contributed by atoms with E-state index in [-0.39, 0.29) is 20.1 Å². The third kappa shape index (κ3) is 13.9. The number of hydrogen-bond donors (Lipinski definition) is 4. The van der Waals surface area contributed by atoms with Crippen molar-refractivity contribution in [3.8, 4) is 0 Å². The molecule has 2 rings (SSSR count). The molecule has 0 saturated carbocycles. The highest BCUT2D eigenvalue weighted by atomic mass is 35.5. The molecular weight excluding hydrogens is 685 g/mol. The third-order valence-electron chi connectivity index (χ3n) is 5.33. The lowest BCUT2D eigenvalue weighted by Crippen LogP contribution is -2.39. The minimum absolute atomic E-state index is 0.174. The average Bonchev–Trinajstić information content (AvgIpc) is 2.83. The summed E-state index contributed by atoms with van der Waals surface area (Å²) in [6.45, 7) is 8.88. The van der Waals surface area contributed by atoms with Crippen LogP contribution in [0.3, 0.4) is 0 Å². The highest BCUT2D eigenvalue weighted by Crippen LogP contribution is 2.41. The van der Waals surface area contributed by atoms with Crippen molar-refractivity contribution in [1.29, 1.82) is 0 Å². The fourth-order valence-corrected chi connectivity index (χ4v) is 4.59. The van der Waals surface area contributed by atoms with Gasteiger partial charge >= 0.3 is 23.9 Å². The molecule has 0 saturated heterocycles. The summed E-state index contributed by atoms with van der Waals surface area (Å²) in [7, 11) is 0. The van der Waals surface area contributed by atoms with E-state index in [9.17, 15) is 9.59 Å². The number of ether oxygens (including phenoxy) is 2. The molecule has 0 radical (unpaired) electrons. The molecule has 4 atom stereocenters. The van der Waals surface area contributed by atoms with Crippen LogP contribution in [-0.4, -0.2) is 67.6 Å². The molecule has 4 N–H and O–H groups in total. The first-order valence-electron chi connectivity index (χ1n) is 12.3. The van der Waals surface area contributed by atoms with E-state index >= 15 is 0 Å². The second-order valence-electron chi connectivity index (χ2n) is 9.71. The maximum Gasteiger partial charge on any atom is 0.414 e. The number of alkyl halides is 2. The molecule has 2 aliphatic carbocycles. The fourth-order valence-electron chi connectivity index (χ4n) is 2.99. The number of carboxylic acids is 4. The van der Waals surface area contributed by atoms with E-state index in [2.05, 4.69) is 0 Å². The average molecular weight is 717 g/mol. The molecule has 0 aliphatic heterocycles. The van der Waals surface area contributed by atoms with Gasteiger partial charge in [-0.05, 0) is 49.0 Å². The van der Waals surface area contributed by atoms with E-state index < -0.39 is 45.8 Å². The standard InChI is InChI=1S/2C12H15Cl3O3.C2H2O4/c2*1-7(2)3-4-18-12(15)6-10(14)9(13)5-8(12)11(16)17;3-1(4)2(5)6/h2*5-8H,3-4H2,1-2H3,(H,16,17);(H,3,4)(H,5,6). The maximum absolute atomic E-state index is 11.2. The van der Waals surface area contributed by atoms with Crippen molar-refractivity contribution >= 4 is 93.5 Å². The fraction of sp³-hybridized carbons (Fsp3) is 0.538. The lowest BCUT2D eigenvalue weighted by atomic mass is 9.96. The summed E-state index contributed by atoms with van der Waals surface area (Å²) in [6, 6.07) is 0. The van der Waals surface area contributed by atoms with Crippen LogP contribution in [0.5, 0.6) is 0 Å². The highest BCUT2D eigenvalue weighted by Gasteiger charge is 2.44. The predicted octanol–water partition coefficient (Wildman–Crippen LogP) is 7.04. The number of carboxylic acid groups (broad SMARTS) is 4. The quantitative estimate of drug-likeness (QED) is 0.136. The molecule has 0 bridgehead atoms. The molecule has 0 fully saturated rings. The Morgan fingerprint density at radius 3 is 1.17 bits per heavy atom. The molecule has 42 heavy (non-hydrogen) atoms.